The molecule has 1 aliphatic carbocycles. The number of carbonyl (C=O) groups excluding carboxylic acids is 1. The van der Waals surface area contributed by atoms with Crippen LogP contribution in [-0.4, -0.2) is 36.1 Å². The van der Waals surface area contributed by atoms with Gasteiger partial charge in [0, 0.05) is 0 Å². The Morgan fingerprint density at radius 1 is 1.06 bits per heavy atom. The minimum atomic E-state index is -0.269. The van der Waals surface area contributed by atoms with Crippen LogP contribution in [0.1, 0.15) is 58.3 Å². The molecule has 1 saturated heterocycles. The normalized spacial score (nSPS) is 25.5. The fraction of sp³-hybridized carbons (Fsp3) is 0.929. The fourth-order valence-corrected chi connectivity index (χ4v) is 3.37. The molecule has 0 aromatic heterocycles. The molecule has 0 bridgehead atoms. The summed E-state index contributed by atoms with van der Waals surface area (Å²) in [7, 11) is 0. The van der Waals surface area contributed by atoms with Crippen molar-refractivity contribution in [2.45, 2.75) is 63.8 Å². The van der Waals surface area contributed by atoms with E-state index < -0.39 is 0 Å². The molecule has 0 aromatic rings. The highest BCUT2D eigenvalue weighted by molar-refractivity contribution is 5.81. The predicted octanol–water partition coefficient (Wildman–Crippen LogP) is 2.74. The summed E-state index contributed by atoms with van der Waals surface area (Å²) in [5, 5.41) is 0. The molecule has 0 amide bonds. The average Bonchev–Trinajstić information content (AvgIpc) is 2.41. The Kier molecular flexibility index (Phi) is 4.43. The van der Waals surface area contributed by atoms with Crippen molar-refractivity contribution >= 4 is 5.97 Å². The van der Waals surface area contributed by atoms with E-state index >= 15 is 0 Å². The highest BCUT2D eigenvalue weighted by Crippen LogP contribution is 2.36. The Hall–Kier alpha value is -0.570. The molecule has 1 aliphatic heterocycles. The molecule has 1 saturated carbocycles. The van der Waals surface area contributed by atoms with Crippen molar-refractivity contribution in [3.05, 3.63) is 0 Å². The van der Waals surface area contributed by atoms with E-state index in [1.165, 1.54) is 38.5 Å². The van der Waals surface area contributed by atoms with Gasteiger partial charge in [0.1, 0.15) is 5.54 Å². The van der Waals surface area contributed by atoms with Crippen molar-refractivity contribution in [3.8, 4) is 0 Å². The zero-order valence-electron chi connectivity index (χ0n) is 11.0. The van der Waals surface area contributed by atoms with Gasteiger partial charge in [-0.25, -0.2) is 0 Å². The summed E-state index contributed by atoms with van der Waals surface area (Å²) < 4.78 is 5.36. The van der Waals surface area contributed by atoms with Crippen molar-refractivity contribution in [2.24, 2.45) is 0 Å². The molecule has 2 rings (SSSR count). The van der Waals surface area contributed by atoms with Gasteiger partial charge in [-0.2, -0.15) is 0 Å². The number of piperidine rings is 1. The lowest BCUT2D eigenvalue weighted by atomic mass is 9.79. The van der Waals surface area contributed by atoms with E-state index in [0.29, 0.717) is 6.61 Å². The molecule has 0 N–H and O–H groups in total. The summed E-state index contributed by atoms with van der Waals surface area (Å²) in [6.07, 6.45) is 9.43. The molecule has 0 aromatic carbocycles. The molecule has 0 unspecified atom stereocenters. The number of ether oxygens (including phenoxy) is 1. The number of nitrogens with zero attached hydrogens (tertiary/aromatic N) is 1. The van der Waals surface area contributed by atoms with Crippen LogP contribution in [0.5, 0.6) is 0 Å². The van der Waals surface area contributed by atoms with Crippen LogP contribution >= 0.6 is 0 Å². The quantitative estimate of drug-likeness (QED) is 0.709. The molecule has 2 aliphatic rings. The van der Waals surface area contributed by atoms with Gasteiger partial charge >= 0.3 is 5.97 Å². The van der Waals surface area contributed by atoms with Crippen LogP contribution in [0, 0.1) is 0 Å². The van der Waals surface area contributed by atoms with Crippen LogP contribution in [-0.2, 0) is 9.53 Å². The van der Waals surface area contributed by atoms with Gasteiger partial charge in [-0.15, -0.1) is 0 Å². The van der Waals surface area contributed by atoms with Crippen molar-refractivity contribution in [3.63, 3.8) is 0 Å². The molecule has 0 atom stereocenters. The van der Waals surface area contributed by atoms with Gasteiger partial charge in [-0.3, -0.25) is 9.69 Å². The smallest absolute Gasteiger partial charge is 0.326 e. The second-order valence-corrected chi connectivity index (χ2v) is 5.36. The van der Waals surface area contributed by atoms with Gasteiger partial charge in [0.05, 0.1) is 6.61 Å². The molecule has 0 radical (unpaired) electrons. The Labute approximate surface area is 105 Å². The number of hydrogen-bond acceptors (Lipinski definition) is 3. The number of rotatable bonds is 3. The van der Waals surface area contributed by atoms with Gasteiger partial charge in [0.2, 0.25) is 0 Å². The van der Waals surface area contributed by atoms with Crippen molar-refractivity contribution < 1.29 is 9.53 Å². The zero-order chi connectivity index (χ0) is 12.1. The molecule has 2 fully saturated rings. The monoisotopic (exact) mass is 239 g/mol. The van der Waals surface area contributed by atoms with Crippen LogP contribution in [0.4, 0.5) is 0 Å². The Balaban J connectivity index is 2.12. The molecule has 3 nitrogen and oxygen atoms in total. The highest BCUT2D eigenvalue weighted by atomic mass is 16.5. The largest absolute Gasteiger partial charge is 0.465 e. The van der Waals surface area contributed by atoms with Gasteiger partial charge in [-0.1, -0.05) is 25.7 Å². The maximum Gasteiger partial charge on any atom is 0.326 e. The fourth-order valence-electron chi connectivity index (χ4n) is 3.37. The Morgan fingerprint density at radius 3 is 2.24 bits per heavy atom. The predicted molar refractivity (Wildman–Crippen MR) is 67.9 cm³/mol. The minimum absolute atomic E-state index is 0.0431. The lowest BCUT2D eigenvalue weighted by Gasteiger charge is -2.45. The molecule has 17 heavy (non-hydrogen) atoms. The van der Waals surface area contributed by atoms with Crippen LogP contribution in [0.3, 0.4) is 0 Å². The van der Waals surface area contributed by atoms with Crippen LogP contribution in [0.2, 0.25) is 0 Å². The van der Waals surface area contributed by atoms with Gasteiger partial charge in [0.25, 0.3) is 0 Å². The first-order valence-electron chi connectivity index (χ1n) is 7.22. The summed E-state index contributed by atoms with van der Waals surface area (Å²) in [6.45, 7) is 4.58. The summed E-state index contributed by atoms with van der Waals surface area (Å²) in [5.74, 6) is 0.0431. The summed E-state index contributed by atoms with van der Waals surface area (Å²) in [4.78, 5) is 14.8. The Morgan fingerprint density at radius 2 is 1.65 bits per heavy atom. The maximum atomic E-state index is 12.4. The second kappa shape index (κ2) is 5.85. The third-order valence-electron chi connectivity index (χ3n) is 4.30. The molecule has 98 valence electrons. The third kappa shape index (κ3) is 2.65. The Bertz CT molecular complexity index is 253. The van der Waals surface area contributed by atoms with E-state index in [4.69, 9.17) is 4.74 Å². The van der Waals surface area contributed by atoms with Crippen LogP contribution in [0.15, 0.2) is 0 Å². The zero-order valence-corrected chi connectivity index (χ0v) is 11.0. The minimum Gasteiger partial charge on any atom is -0.465 e. The first kappa shape index (κ1) is 12.9. The lowest BCUT2D eigenvalue weighted by Crippen LogP contribution is -2.58. The standard InChI is InChI=1S/C14H25NO2/c1-2-17-13(16)14(9-5-3-6-10-14)15-11-7-4-8-12-15/h2-12H2,1H3. The van der Waals surface area contributed by atoms with Crippen LogP contribution < -0.4 is 0 Å². The van der Waals surface area contributed by atoms with Crippen molar-refractivity contribution in [1.82, 2.24) is 4.90 Å². The average molecular weight is 239 g/mol. The number of likely N-dealkylation sites (tertiary alicyclic amines) is 1. The lowest BCUT2D eigenvalue weighted by molar-refractivity contribution is -0.161. The van der Waals surface area contributed by atoms with E-state index in [2.05, 4.69) is 4.90 Å². The van der Waals surface area contributed by atoms with Gasteiger partial charge < -0.3 is 4.74 Å². The van der Waals surface area contributed by atoms with E-state index in [-0.39, 0.29) is 11.5 Å². The topological polar surface area (TPSA) is 29.5 Å². The molecule has 3 heteroatoms. The summed E-state index contributed by atoms with van der Waals surface area (Å²) in [5.41, 5.74) is -0.269. The summed E-state index contributed by atoms with van der Waals surface area (Å²) >= 11 is 0. The van der Waals surface area contributed by atoms with Gasteiger partial charge in [-0.05, 0) is 45.7 Å². The van der Waals surface area contributed by atoms with E-state index in [0.717, 1.165) is 25.9 Å². The molecule has 1 heterocycles. The van der Waals surface area contributed by atoms with Gasteiger partial charge in [0.15, 0.2) is 0 Å². The maximum absolute atomic E-state index is 12.4. The van der Waals surface area contributed by atoms with Crippen LogP contribution in [0.25, 0.3) is 0 Å². The molecular weight excluding hydrogens is 214 g/mol. The molecular formula is C14H25NO2. The SMILES string of the molecule is CCOC(=O)C1(N2CCCCC2)CCCCC1. The molecule has 0 spiro atoms. The first-order valence-corrected chi connectivity index (χ1v) is 7.22. The number of hydrogen-bond donors (Lipinski definition) is 0. The van der Waals surface area contributed by atoms with E-state index in [1.807, 2.05) is 6.92 Å². The van der Waals surface area contributed by atoms with Crippen molar-refractivity contribution in [1.29, 1.82) is 0 Å². The number of carbonyl (C=O) groups is 1. The first-order chi connectivity index (χ1) is 8.29. The second-order valence-electron chi connectivity index (χ2n) is 5.36. The number of esters is 1. The van der Waals surface area contributed by atoms with E-state index in [9.17, 15) is 4.79 Å². The highest BCUT2D eigenvalue weighted by Gasteiger charge is 2.45. The van der Waals surface area contributed by atoms with Crippen molar-refractivity contribution in [2.75, 3.05) is 19.7 Å². The van der Waals surface area contributed by atoms with E-state index in [1.54, 1.807) is 0 Å². The third-order valence-corrected chi connectivity index (χ3v) is 4.30. The summed E-state index contributed by atoms with van der Waals surface area (Å²) in [6, 6.07) is 0.